The van der Waals surface area contributed by atoms with E-state index in [1.807, 2.05) is 32.9 Å². The van der Waals surface area contributed by atoms with E-state index in [1.54, 1.807) is 27.0 Å². The predicted octanol–water partition coefficient (Wildman–Crippen LogP) is 4.64. The van der Waals surface area contributed by atoms with Crippen LogP contribution in [-0.4, -0.2) is 126 Å². The summed E-state index contributed by atoms with van der Waals surface area (Å²) in [5.74, 6) is -7.76. The lowest BCUT2D eigenvalue weighted by atomic mass is 9.81. The highest BCUT2D eigenvalue weighted by Crippen LogP contribution is 2.39. The van der Waals surface area contributed by atoms with Crippen LogP contribution in [-0.2, 0) is 42.9 Å². The Bertz CT molecular complexity index is 1480. The van der Waals surface area contributed by atoms with Crippen molar-refractivity contribution in [1.82, 2.24) is 4.90 Å². The Balaban J connectivity index is 1.78. The van der Waals surface area contributed by atoms with Crippen LogP contribution < -0.4 is 0 Å². The van der Waals surface area contributed by atoms with Gasteiger partial charge in [0.15, 0.2) is 0 Å². The van der Waals surface area contributed by atoms with Crippen molar-refractivity contribution in [1.29, 1.82) is 0 Å². The van der Waals surface area contributed by atoms with E-state index in [2.05, 4.69) is 6.58 Å². The highest BCUT2D eigenvalue weighted by molar-refractivity contribution is 6.39. The molecule has 57 heavy (non-hydrogen) atoms. The molecular formula is C44H69NO12. The minimum Gasteiger partial charge on any atom is -0.456 e. The third-order valence-corrected chi connectivity index (χ3v) is 12.9. The van der Waals surface area contributed by atoms with Crippen molar-refractivity contribution >= 4 is 23.4 Å². The van der Waals surface area contributed by atoms with Crippen LogP contribution in [0.1, 0.15) is 105 Å². The average Bonchev–Trinajstić information content (AvgIpc) is 3.18. The zero-order valence-electron chi connectivity index (χ0n) is 35.4. The third kappa shape index (κ3) is 11.3. The number of hydrogen-bond donors (Lipinski definition) is 3. The van der Waals surface area contributed by atoms with Crippen molar-refractivity contribution in [3.63, 3.8) is 0 Å². The molecule has 3 aliphatic heterocycles. The van der Waals surface area contributed by atoms with Gasteiger partial charge in [0.2, 0.25) is 5.79 Å². The number of fused-ring (bicyclic) bond motifs is 3. The standard InChI is InChI=1S/C44H69NO12/c1-10-13-31-19-25(2)18-26(3)20-37(54-8)40-38(55-9)22-28(5)44(52,57-40)41(49)42(50)45-17-12-11-14-32(45)43(51)56-39(29(6)34(47)24-35(31)48)27(4)21-30-15-16-33(46)36(23-30)53-7/h10,19,21,26,28-34,36-40,46-47,52H,1,11-18,20,22-24H2,2-9H3/b25-19+,27-21+/t26-,28?,29+,30?,31+,32?,33+,34?,36?,37-,38?,39+,40?,44?/m0/s1. The van der Waals surface area contributed by atoms with E-state index in [0.29, 0.717) is 56.9 Å². The van der Waals surface area contributed by atoms with Gasteiger partial charge in [0.1, 0.15) is 24.0 Å². The lowest BCUT2D eigenvalue weighted by Gasteiger charge is -2.47. The molecule has 4 aliphatic rings. The number of ketones is 2. The second-order valence-corrected chi connectivity index (χ2v) is 17.3. The number of piperidine rings is 1. The molecule has 1 aliphatic carbocycles. The van der Waals surface area contributed by atoms with Crippen LogP contribution in [0.25, 0.3) is 0 Å². The molecule has 3 N–H and O–H groups in total. The molecule has 13 heteroatoms. The first-order valence-corrected chi connectivity index (χ1v) is 20.9. The summed E-state index contributed by atoms with van der Waals surface area (Å²) in [7, 11) is 4.61. The maximum atomic E-state index is 14.3. The molecule has 322 valence electrons. The maximum absolute atomic E-state index is 14.3. The van der Waals surface area contributed by atoms with Crippen LogP contribution in [0.15, 0.2) is 36.0 Å². The molecule has 3 heterocycles. The van der Waals surface area contributed by atoms with Gasteiger partial charge in [-0.1, -0.05) is 44.6 Å². The first kappa shape index (κ1) is 46.9. The summed E-state index contributed by atoms with van der Waals surface area (Å²) >= 11 is 0. The molecule has 0 aromatic carbocycles. The summed E-state index contributed by atoms with van der Waals surface area (Å²) in [5, 5.41) is 34.1. The lowest BCUT2D eigenvalue weighted by Crippen LogP contribution is -2.64. The fourth-order valence-electron chi connectivity index (χ4n) is 9.42. The number of aliphatic hydroxyl groups excluding tert-OH is 2. The topological polar surface area (TPSA) is 178 Å². The molecule has 3 fully saturated rings. The fourth-order valence-corrected chi connectivity index (χ4v) is 9.42. The van der Waals surface area contributed by atoms with Crippen LogP contribution in [0.4, 0.5) is 0 Å². The highest BCUT2D eigenvalue weighted by atomic mass is 16.7. The number of allylic oxidation sites excluding steroid dienone is 4. The van der Waals surface area contributed by atoms with E-state index in [-0.39, 0.29) is 49.5 Å². The van der Waals surface area contributed by atoms with E-state index in [9.17, 15) is 34.5 Å². The SMILES string of the molecule is C=CC[C@@H]1/C=C(\C)C[C@H](C)C[C@H](OC)C2OC(O)(C(=O)C(=O)N3CCCCC3C(=O)O[C@H](/C(C)=C/C3CC[C@@H](O)C(OC)C3)[C@H](C)C(O)CC1=O)C(C)CC2OC. The van der Waals surface area contributed by atoms with Crippen LogP contribution in [0.5, 0.6) is 0 Å². The molecule has 2 saturated heterocycles. The Morgan fingerprint density at radius 2 is 1.60 bits per heavy atom. The Hall–Kier alpha value is -2.78. The number of cyclic esters (lactones) is 1. The van der Waals surface area contributed by atoms with Crippen molar-refractivity contribution in [2.75, 3.05) is 27.9 Å². The average molecular weight is 804 g/mol. The van der Waals surface area contributed by atoms with Crippen molar-refractivity contribution in [2.45, 2.75) is 160 Å². The summed E-state index contributed by atoms with van der Waals surface area (Å²) in [6.07, 6.45) is 4.93. The van der Waals surface area contributed by atoms with Gasteiger partial charge in [-0.2, -0.15) is 0 Å². The third-order valence-electron chi connectivity index (χ3n) is 12.9. The molecule has 4 rings (SSSR count). The van der Waals surface area contributed by atoms with Gasteiger partial charge in [-0.3, -0.25) is 14.4 Å². The molecule has 14 atom stereocenters. The minimum atomic E-state index is -2.51. The molecule has 0 aromatic rings. The van der Waals surface area contributed by atoms with Crippen LogP contribution in [0.3, 0.4) is 0 Å². The first-order valence-electron chi connectivity index (χ1n) is 20.9. The number of hydrogen-bond acceptors (Lipinski definition) is 12. The van der Waals surface area contributed by atoms with Crippen molar-refractivity contribution in [3.05, 3.63) is 36.0 Å². The smallest absolute Gasteiger partial charge is 0.329 e. The summed E-state index contributed by atoms with van der Waals surface area (Å²) in [4.78, 5) is 57.8. The largest absolute Gasteiger partial charge is 0.456 e. The van der Waals surface area contributed by atoms with Gasteiger partial charge in [0.25, 0.3) is 11.7 Å². The number of carbonyl (C=O) groups excluding carboxylic acids is 4. The number of aliphatic hydroxyl groups is 3. The van der Waals surface area contributed by atoms with E-state index >= 15 is 0 Å². The molecule has 1 amide bonds. The number of methoxy groups -OCH3 is 3. The van der Waals surface area contributed by atoms with Crippen molar-refractivity contribution in [3.8, 4) is 0 Å². The van der Waals surface area contributed by atoms with E-state index in [1.165, 1.54) is 19.1 Å². The molecule has 1 saturated carbocycles. The second kappa shape index (κ2) is 21.0. The van der Waals surface area contributed by atoms with Gasteiger partial charge in [0, 0.05) is 52.0 Å². The molecule has 0 radical (unpaired) electrons. The quantitative estimate of drug-likeness (QED) is 0.185. The van der Waals surface area contributed by atoms with Crippen LogP contribution >= 0.6 is 0 Å². The second-order valence-electron chi connectivity index (χ2n) is 17.3. The van der Waals surface area contributed by atoms with E-state index in [4.69, 9.17) is 23.7 Å². The summed E-state index contributed by atoms with van der Waals surface area (Å²) in [6, 6.07) is -1.14. The van der Waals surface area contributed by atoms with E-state index in [0.717, 1.165) is 5.57 Å². The number of rotatable bonds is 7. The summed E-state index contributed by atoms with van der Waals surface area (Å²) in [6.45, 7) is 13.1. The number of Topliss-reactive ketones (excluding diaryl/α,β-unsaturated/α-hetero) is 2. The zero-order valence-corrected chi connectivity index (χ0v) is 35.4. The Morgan fingerprint density at radius 1 is 0.930 bits per heavy atom. The number of nitrogens with zero attached hydrogens (tertiary/aromatic N) is 1. The first-order chi connectivity index (χ1) is 27.0. The van der Waals surface area contributed by atoms with Gasteiger partial charge in [-0.15, -0.1) is 6.58 Å². The molecule has 13 nitrogen and oxygen atoms in total. The Labute approximate surface area is 339 Å². The summed E-state index contributed by atoms with van der Waals surface area (Å²) in [5.41, 5.74) is 1.61. The highest BCUT2D eigenvalue weighted by Gasteiger charge is 2.56. The van der Waals surface area contributed by atoms with Crippen LogP contribution in [0, 0.1) is 29.6 Å². The zero-order chi connectivity index (χ0) is 42.2. The monoisotopic (exact) mass is 803 g/mol. The number of esters is 1. The molecule has 8 unspecified atom stereocenters. The number of carbonyl (C=O) groups is 4. The van der Waals surface area contributed by atoms with Crippen molar-refractivity contribution in [2.24, 2.45) is 29.6 Å². The number of amides is 1. The van der Waals surface area contributed by atoms with Gasteiger partial charge in [-0.25, -0.2) is 4.79 Å². The van der Waals surface area contributed by atoms with Gasteiger partial charge in [-0.05, 0) is 95.5 Å². The normalized spacial score (nSPS) is 41.0. The molecule has 0 spiro atoms. The maximum Gasteiger partial charge on any atom is 0.329 e. The minimum absolute atomic E-state index is 0.00988. The summed E-state index contributed by atoms with van der Waals surface area (Å²) < 4.78 is 29.7. The number of ether oxygens (including phenoxy) is 5. The molecule has 0 aromatic heterocycles. The lowest BCUT2D eigenvalue weighted by molar-refractivity contribution is -0.302. The fraction of sp³-hybridized carbons (Fsp3) is 0.773. The van der Waals surface area contributed by atoms with Gasteiger partial charge < -0.3 is 43.9 Å². The predicted molar refractivity (Wildman–Crippen MR) is 213 cm³/mol. The van der Waals surface area contributed by atoms with Crippen molar-refractivity contribution < 1.29 is 58.2 Å². The van der Waals surface area contributed by atoms with E-state index < -0.39 is 83.9 Å². The van der Waals surface area contributed by atoms with Gasteiger partial charge in [0.05, 0.1) is 30.5 Å². The Morgan fingerprint density at radius 3 is 2.25 bits per heavy atom. The van der Waals surface area contributed by atoms with Crippen LogP contribution in [0.2, 0.25) is 0 Å². The van der Waals surface area contributed by atoms with Gasteiger partial charge >= 0.3 is 5.97 Å². The Kier molecular flexibility index (Phi) is 17.2. The molecule has 2 bridgehead atoms. The molecular weight excluding hydrogens is 734 g/mol.